The number of carbonyl (C=O) groups is 2. The summed E-state index contributed by atoms with van der Waals surface area (Å²) in [6.07, 6.45) is 0.438. The second-order valence-corrected chi connectivity index (χ2v) is 9.98. The third-order valence-corrected chi connectivity index (χ3v) is 7.45. The van der Waals surface area contributed by atoms with Crippen LogP contribution >= 0.6 is 11.3 Å². The van der Waals surface area contributed by atoms with Crippen LogP contribution in [0.25, 0.3) is 0 Å². The van der Waals surface area contributed by atoms with Crippen molar-refractivity contribution in [3.05, 3.63) is 52.4 Å². The molecule has 0 fully saturated rings. The smallest absolute Gasteiger partial charge is 0.279 e. The number of benzene rings is 1. The van der Waals surface area contributed by atoms with Gasteiger partial charge in [-0.2, -0.15) is 4.31 Å². The molecule has 0 spiro atoms. The molecule has 2 N–H and O–H groups in total. The van der Waals surface area contributed by atoms with E-state index in [0.29, 0.717) is 23.0 Å². The summed E-state index contributed by atoms with van der Waals surface area (Å²) < 4.78 is 32.4. The highest BCUT2D eigenvalue weighted by atomic mass is 32.2. The SMILES string of the molecule is CC(=O)Nc1ccc(S(=O)(=O)N2CCc3nc(NC(=O)c4cc(C)on4)sc3C2)cc1. The standard InChI is InChI=1S/C19H19N5O5S2/c1-11-9-16(23-29-11)18(26)22-19-21-15-7-8-24(10-17(15)30-19)31(27,28)14-5-3-13(4-6-14)20-12(2)25/h3-6,9H,7-8,10H2,1-2H3,(H,20,25)(H,21,22,26). The van der Waals surface area contributed by atoms with Gasteiger partial charge >= 0.3 is 0 Å². The average molecular weight is 462 g/mol. The molecule has 31 heavy (non-hydrogen) atoms. The third kappa shape index (κ3) is 4.50. The monoisotopic (exact) mass is 461 g/mol. The molecule has 1 aliphatic rings. The van der Waals surface area contributed by atoms with Crippen LogP contribution in [0.4, 0.5) is 10.8 Å². The minimum absolute atomic E-state index is 0.143. The van der Waals surface area contributed by atoms with Crippen molar-refractivity contribution in [1.82, 2.24) is 14.4 Å². The molecule has 4 rings (SSSR count). The first-order valence-electron chi connectivity index (χ1n) is 9.33. The first kappa shape index (κ1) is 21.2. The summed E-state index contributed by atoms with van der Waals surface area (Å²) >= 11 is 1.23. The lowest BCUT2D eigenvalue weighted by atomic mass is 10.2. The number of nitrogens with one attached hydrogen (secondary N) is 2. The number of fused-ring (bicyclic) bond motifs is 1. The van der Waals surface area contributed by atoms with Gasteiger partial charge in [-0.15, -0.1) is 11.3 Å². The summed E-state index contributed by atoms with van der Waals surface area (Å²) in [6, 6.07) is 7.56. The van der Waals surface area contributed by atoms with Crippen LogP contribution in [0.2, 0.25) is 0 Å². The molecule has 3 heterocycles. The number of amides is 2. The maximum atomic E-state index is 13.0. The average Bonchev–Trinajstić information content (AvgIpc) is 3.32. The molecular weight excluding hydrogens is 442 g/mol. The highest BCUT2D eigenvalue weighted by molar-refractivity contribution is 7.89. The normalized spacial score (nSPS) is 14.1. The van der Waals surface area contributed by atoms with E-state index in [4.69, 9.17) is 4.52 Å². The second-order valence-electron chi connectivity index (χ2n) is 6.96. The number of sulfonamides is 1. The summed E-state index contributed by atoms with van der Waals surface area (Å²) in [5, 5.41) is 9.34. The molecule has 1 aromatic carbocycles. The summed E-state index contributed by atoms with van der Waals surface area (Å²) in [4.78, 5) is 28.7. The molecule has 1 aliphatic heterocycles. The van der Waals surface area contributed by atoms with E-state index in [1.54, 1.807) is 19.1 Å². The predicted octanol–water partition coefficient (Wildman–Crippen LogP) is 2.40. The van der Waals surface area contributed by atoms with E-state index in [1.165, 1.54) is 40.8 Å². The number of carbonyl (C=O) groups excluding carboxylic acids is 2. The van der Waals surface area contributed by atoms with Crippen molar-refractivity contribution in [2.45, 2.75) is 31.7 Å². The molecule has 2 amide bonds. The fourth-order valence-corrected chi connectivity index (χ4v) is 5.64. The predicted molar refractivity (Wildman–Crippen MR) is 113 cm³/mol. The Bertz CT molecular complexity index is 1250. The molecule has 12 heteroatoms. The van der Waals surface area contributed by atoms with Crippen molar-refractivity contribution in [1.29, 1.82) is 0 Å². The molecule has 0 unspecified atom stereocenters. The summed E-state index contributed by atoms with van der Waals surface area (Å²) in [7, 11) is -3.71. The maximum Gasteiger partial charge on any atom is 0.279 e. The highest BCUT2D eigenvalue weighted by Gasteiger charge is 2.30. The molecule has 10 nitrogen and oxygen atoms in total. The number of hydrogen-bond acceptors (Lipinski definition) is 8. The Morgan fingerprint density at radius 3 is 2.58 bits per heavy atom. The number of aromatic nitrogens is 2. The molecule has 0 saturated heterocycles. The Kier molecular flexibility index (Phi) is 5.60. The van der Waals surface area contributed by atoms with Crippen molar-refractivity contribution in [3.63, 3.8) is 0 Å². The zero-order valence-corrected chi connectivity index (χ0v) is 18.3. The van der Waals surface area contributed by atoms with Gasteiger partial charge in [0.15, 0.2) is 10.8 Å². The van der Waals surface area contributed by atoms with Crippen LogP contribution in [-0.4, -0.2) is 41.2 Å². The Morgan fingerprint density at radius 1 is 1.19 bits per heavy atom. The molecular formula is C19H19N5O5S2. The van der Waals surface area contributed by atoms with E-state index < -0.39 is 15.9 Å². The topological polar surface area (TPSA) is 134 Å². The zero-order valence-electron chi connectivity index (χ0n) is 16.7. The van der Waals surface area contributed by atoms with E-state index in [9.17, 15) is 18.0 Å². The lowest BCUT2D eigenvalue weighted by Crippen LogP contribution is -2.35. The van der Waals surface area contributed by atoms with E-state index in [-0.39, 0.29) is 29.6 Å². The maximum absolute atomic E-state index is 13.0. The number of anilines is 2. The Morgan fingerprint density at radius 2 is 1.94 bits per heavy atom. The van der Waals surface area contributed by atoms with Crippen molar-refractivity contribution in [2.24, 2.45) is 0 Å². The molecule has 3 aromatic rings. The molecule has 0 bridgehead atoms. The quantitative estimate of drug-likeness (QED) is 0.596. The van der Waals surface area contributed by atoms with Gasteiger partial charge in [-0.25, -0.2) is 13.4 Å². The Labute approximate surface area is 182 Å². The number of nitrogens with zero attached hydrogens (tertiary/aromatic N) is 3. The van der Waals surface area contributed by atoms with E-state index in [2.05, 4.69) is 20.8 Å². The zero-order chi connectivity index (χ0) is 22.2. The van der Waals surface area contributed by atoms with Gasteiger partial charge in [-0.3, -0.25) is 14.9 Å². The number of thiazole rings is 1. The van der Waals surface area contributed by atoms with Crippen molar-refractivity contribution in [2.75, 3.05) is 17.2 Å². The first-order valence-corrected chi connectivity index (χ1v) is 11.6. The first-order chi connectivity index (χ1) is 14.7. The molecule has 2 aromatic heterocycles. The third-order valence-electron chi connectivity index (χ3n) is 4.59. The van der Waals surface area contributed by atoms with Crippen molar-refractivity contribution in [3.8, 4) is 0 Å². The Balaban J connectivity index is 1.48. The summed E-state index contributed by atoms with van der Waals surface area (Å²) in [5.74, 6) is -0.146. The van der Waals surface area contributed by atoms with E-state index >= 15 is 0 Å². The molecule has 162 valence electrons. The van der Waals surface area contributed by atoms with E-state index in [1.807, 2.05) is 0 Å². The van der Waals surface area contributed by atoms with Crippen LogP contribution in [0.15, 0.2) is 39.8 Å². The number of rotatable bonds is 5. The van der Waals surface area contributed by atoms with Gasteiger partial charge in [0, 0.05) is 36.5 Å². The summed E-state index contributed by atoms with van der Waals surface area (Å²) in [6.45, 7) is 3.52. The minimum Gasteiger partial charge on any atom is -0.361 e. The summed E-state index contributed by atoms with van der Waals surface area (Å²) in [5.41, 5.74) is 1.44. The molecule has 0 saturated carbocycles. The second kappa shape index (κ2) is 8.21. The molecule has 0 atom stereocenters. The van der Waals surface area contributed by atoms with Gasteiger partial charge in [0.25, 0.3) is 5.91 Å². The van der Waals surface area contributed by atoms with Gasteiger partial charge in [-0.1, -0.05) is 5.16 Å². The van der Waals surface area contributed by atoms with Crippen molar-refractivity contribution < 1.29 is 22.5 Å². The van der Waals surface area contributed by atoms with Gasteiger partial charge in [0.2, 0.25) is 15.9 Å². The minimum atomic E-state index is -3.71. The number of aryl methyl sites for hydroxylation is 1. The van der Waals surface area contributed by atoms with Crippen LogP contribution in [0, 0.1) is 6.92 Å². The van der Waals surface area contributed by atoms with E-state index in [0.717, 1.165) is 10.6 Å². The lowest BCUT2D eigenvalue weighted by molar-refractivity contribution is -0.114. The van der Waals surface area contributed by atoms with Crippen LogP contribution in [0.5, 0.6) is 0 Å². The molecule has 0 radical (unpaired) electrons. The highest BCUT2D eigenvalue weighted by Crippen LogP contribution is 2.31. The largest absolute Gasteiger partial charge is 0.361 e. The fraction of sp³-hybridized carbons (Fsp3) is 0.263. The van der Waals surface area contributed by atoms with Crippen LogP contribution < -0.4 is 10.6 Å². The lowest BCUT2D eigenvalue weighted by Gasteiger charge is -2.25. The van der Waals surface area contributed by atoms with Crippen molar-refractivity contribution >= 4 is 44.0 Å². The van der Waals surface area contributed by atoms with Crippen LogP contribution in [0.3, 0.4) is 0 Å². The molecule has 0 aliphatic carbocycles. The van der Waals surface area contributed by atoms with Crippen LogP contribution in [0.1, 0.15) is 33.7 Å². The van der Waals surface area contributed by atoms with Crippen LogP contribution in [-0.2, 0) is 27.8 Å². The van der Waals surface area contributed by atoms with Gasteiger partial charge in [-0.05, 0) is 31.2 Å². The Hall–Kier alpha value is -3.09. The fourth-order valence-electron chi connectivity index (χ4n) is 3.13. The van der Waals surface area contributed by atoms with Gasteiger partial charge in [0.1, 0.15) is 5.76 Å². The number of hydrogen-bond donors (Lipinski definition) is 2. The van der Waals surface area contributed by atoms with Gasteiger partial charge in [0.05, 0.1) is 17.1 Å². The van der Waals surface area contributed by atoms with Gasteiger partial charge < -0.3 is 9.84 Å².